The van der Waals surface area contributed by atoms with Gasteiger partial charge in [-0.05, 0) is 56.2 Å². The quantitative estimate of drug-likeness (QED) is 0.391. The van der Waals surface area contributed by atoms with Crippen molar-refractivity contribution in [1.29, 1.82) is 0 Å². The predicted octanol–water partition coefficient (Wildman–Crippen LogP) is 4.01. The van der Waals surface area contributed by atoms with Crippen LogP contribution in [0.3, 0.4) is 0 Å². The summed E-state index contributed by atoms with van der Waals surface area (Å²) in [7, 11) is -3.96. The number of amides is 1. The van der Waals surface area contributed by atoms with E-state index in [9.17, 15) is 23.1 Å². The molecule has 0 aliphatic carbocycles. The van der Waals surface area contributed by atoms with Crippen LogP contribution < -0.4 is 5.32 Å². The molecule has 1 atom stereocenters. The fraction of sp³-hybridized carbons (Fsp3) is 0.462. The number of aryl methyl sites for hydroxylation is 2. The van der Waals surface area contributed by atoms with Crippen LogP contribution in [0.5, 0.6) is 0 Å². The molecule has 2 N–H and O–H groups in total. The third-order valence-corrected chi connectivity index (χ3v) is 7.40. The fourth-order valence-corrected chi connectivity index (χ4v) is 5.45. The van der Waals surface area contributed by atoms with Gasteiger partial charge in [-0.1, -0.05) is 61.9 Å². The zero-order valence-corrected chi connectivity index (χ0v) is 21.1. The molecule has 186 valence electrons. The normalized spacial score (nSPS) is 12.6. The second-order valence-corrected chi connectivity index (χ2v) is 10.9. The second-order valence-electron chi connectivity index (χ2n) is 8.97. The highest BCUT2D eigenvalue weighted by molar-refractivity contribution is 7.89. The molecule has 0 aliphatic rings. The Kier molecular flexibility index (Phi) is 10.7. The number of hydrogen-bond donors (Lipinski definition) is 2. The molecule has 0 fully saturated rings. The van der Waals surface area contributed by atoms with Crippen LogP contribution in [0.15, 0.2) is 59.5 Å². The van der Waals surface area contributed by atoms with Crippen molar-refractivity contribution >= 4 is 21.9 Å². The van der Waals surface area contributed by atoms with Gasteiger partial charge in [0.05, 0.1) is 4.90 Å². The second kappa shape index (κ2) is 13.2. The number of carboxylic acids is 1. The number of sulfonamides is 1. The predicted molar refractivity (Wildman–Crippen MR) is 133 cm³/mol. The van der Waals surface area contributed by atoms with E-state index < -0.39 is 22.0 Å². The average molecular weight is 489 g/mol. The van der Waals surface area contributed by atoms with E-state index in [-0.39, 0.29) is 29.7 Å². The maximum atomic E-state index is 13.3. The molecule has 0 saturated heterocycles. The Morgan fingerprint density at radius 1 is 1.00 bits per heavy atom. The Morgan fingerprint density at radius 2 is 1.65 bits per heavy atom. The van der Waals surface area contributed by atoms with Gasteiger partial charge in [0.2, 0.25) is 15.9 Å². The maximum Gasteiger partial charge on any atom is 0.322 e. The number of nitrogens with one attached hydrogen (secondary N) is 1. The largest absolute Gasteiger partial charge is 0.480 e. The van der Waals surface area contributed by atoms with Crippen LogP contribution >= 0.6 is 0 Å². The van der Waals surface area contributed by atoms with Gasteiger partial charge in [-0.3, -0.25) is 9.59 Å². The van der Waals surface area contributed by atoms with E-state index in [0.717, 1.165) is 15.4 Å². The summed E-state index contributed by atoms with van der Waals surface area (Å²) < 4.78 is 27.7. The van der Waals surface area contributed by atoms with Crippen molar-refractivity contribution in [3.05, 3.63) is 65.7 Å². The van der Waals surface area contributed by atoms with Gasteiger partial charge in [-0.25, -0.2) is 8.42 Å². The molecular weight excluding hydrogens is 452 g/mol. The summed E-state index contributed by atoms with van der Waals surface area (Å²) in [5.74, 6) is -1.25. The van der Waals surface area contributed by atoms with Gasteiger partial charge in [-0.15, -0.1) is 0 Å². The van der Waals surface area contributed by atoms with Gasteiger partial charge in [0.25, 0.3) is 0 Å². The van der Waals surface area contributed by atoms with E-state index in [4.69, 9.17) is 0 Å². The van der Waals surface area contributed by atoms with Crippen molar-refractivity contribution in [2.45, 2.75) is 63.8 Å². The summed E-state index contributed by atoms with van der Waals surface area (Å²) in [5.41, 5.74) is 2.02. The van der Waals surface area contributed by atoms with Gasteiger partial charge in [0.15, 0.2) is 0 Å². The summed E-state index contributed by atoms with van der Waals surface area (Å²) in [4.78, 5) is 24.2. The summed E-state index contributed by atoms with van der Waals surface area (Å²) in [6.45, 7) is 6.13. The SMILES string of the molecule is Cc1ccc(S(=O)(=O)N(CC(C)C)[C@@H](CCCCNC(=O)CCc2ccccc2)C(=O)O)cc1. The van der Waals surface area contributed by atoms with Crippen molar-refractivity contribution in [3.8, 4) is 0 Å². The molecule has 0 aliphatic heterocycles. The van der Waals surface area contributed by atoms with Crippen LogP contribution in [0.25, 0.3) is 0 Å². The number of carbonyl (C=O) groups excluding carboxylic acids is 1. The molecule has 8 heteroatoms. The lowest BCUT2D eigenvalue weighted by Gasteiger charge is -2.29. The Balaban J connectivity index is 1.93. The number of aliphatic carboxylic acids is 1. The number of carboxylic acid groups (broad SMARTS) is 1. The first-order valence-electron chi connectivity index (χ1n) is 11.7. The lowest BCUT2D eigenvalue weighted by atomic mass is 10.1. The van der Waals surface area contributed by atoms with Crippen LogP contribution in [0, 0.1) is 12.8 Å². The third-order valence-electron chi connectivity index (χ3n) is 5.52. The number of unbranched alkanes of at least 4 members (excludes halogenated alkanes) is 1. The highest BCUT2D eigenvalue weighted by atomic mass is 32.2. The van der Waals surface area contributed by atoms with Crippen LogP contribution in [-0.4, -0.2) is 48.8 Å². The average Bonchev–Trinajstić information content (AvgIpc) is 2.79. The fourth-order valence-electron chi connectivity index (χ4n) is 3.67. The topological polar surface area (TPSA) is 104 Å². The molecule has 7 nitrogen and oxygen atoms in total. The van der Waals surface area contributed by atoms with E-state index in [1.54, 1.807) is 12.1 Å². The Hall–Kier alpha value is -2.71. The summed E-state index contributed by atoms with van der Waals surface area (Å²) in [6.07, 6.45) is 2.27. The van der Waals surface area contributed by atoms with Crippen molar-refractivity contribution < 1.29 is 23.1 Å². The minimum Gasteiger partial charge on any atom is -0.480 e. The molecule has 1 amide bonds. The molecule has 0 bridgehead atoms. The first kappa shape index (κ1) is 27.5. The maximum absolute atomic E-state index is 13.3. The lowest BCUT2D eigenvalue weighted by Crippen LogP contribution is -2.46. The van der Waals surface area contributed by atoms with Crippen LogP contribution in [0.2, 0.25) is 0 Å². The lowest BCUT2D eigenvalue weighted by molar-refractivity contribution is -0.142. The molecule has 0 saturated carbocycles. The Morgan fingerprint density at radius 3 is 2.24 bits per heavy atom. The summed E-state index contributed by atoms with van der Waals surface area (Å²) in [6, 6.07) is 15.0. The van der Waals surface area contributed by atoms with Crippen LogP contribution in [0.4, 0.5) is 0 Å². The van der Waals surface area contributed by atoms with Crippen molar-refractivity contribution in [1.82, 2.24) is 9.62 Å². The highest BCUT2D eigenvalue weighted by Crippen LogP contribution is 2.23. The number of rotatable bonds is 14. The third kappa shape index (κ3) is 8.57. The van der Waals surface area contributed by atoms with Crippen molar-refractivity contribution in [3.63, 3.8) is 0 Å². The van der Waals surface area contributed by atoms with E-state index in [0.29, 0.717) is 32.2 Å². The first-order chi connectivity index (χ1) is 16.1. The molecule has 0 heterocycles. The van der Waals surface area contributed by atoms with E-state index >= 15 is 0 Å². The van der Waals surface area contributed by atoms with E-state index in [1.165, 1.54) is 12.1 Å². The molecule has 0 spiro atoms. The van der Waals surface area contributed by atoms with Gasteiger partial charge in [-0.2, -0.15) is 4.31 Å². The van der Waals surface area contributed by atoms with Crippen LogP contribution in [-0.2, 0) is 26.0 Å². The van der Waals surface area contributed by atoms with Crippen LogP contribution in [0.1, 0.15) is 50.7 Å². The zero-order chi connectivity index (χ0) is 25.1. The zero-order valence-electron chi connectivity index (χ0n) is 20.2. The minimum atomic E-state index is -3.96. The molecule has 0 radical (unpaired) electrons. The van der Waals surface area contributed by atoms with Gasteiger partial charge in [0.1, 0.15) is 6.04 Å². The monoisotopic (exact) mass is 488 g/mol. The number of hydrogen-bond acceptors (Lipinski definition) is 4. The Bertz CT molecular complexity index is 1020. The van der Waals surface area contributed by atoms with Crippen molar-refractivity contribution in [2.75, 3.05) is 13.1 Å². The molecule has 2 aromatic carbocycles. The van der Waals surface area contributed by atoms with Crippen molar-refractivity contribution in [2.24, 2.45) is 5.92 Å². The van der Waals surface area contributed by atoms with Gasteiger partial charge < -0.3 is 10.4 Å². The number of nitrogens with zero attached hydrogens (tertiary/aromatic N) is 1. The van der Waals surface area contributed by atoms with Gasteiger partial charge in [0, 0.05) is 19.5 Å². The smallest absolute Gasteiger partial charge is 0.322 e. The molecular formula is C26H36N2O5S. The Labute approximate surface area is 203 Å². The standard InChI is InChI=1S/C26H36N2O5S/c1-20(2)19-28(34(32,33)23-15-12-21(3)13-16-23)24(26(30)31)11-7-8-18-27-25(29)17-14-22-9-5-4-6-10-22/h4-6,9-10,12-13,15-16,20,24H,7-8,11,14,17-19H2,1-3H3,(H,27,29)(H,30,31)/t24-/m0/s1. The molecule has 0 aromatic heterocycles. The molecule has 2 aromatic rings. The molecule has 0 unspecified atom stereocenters. The molecule has 34 heavy (non-hydrogen) atoms. The minimum absolute atomic E-state index is 0.0361. The van der Waals surface area contributed by atoms with Gasteiger partial charge >= 0.3 is 5.97 Å². The summed E-state index contributed by atoms with van der Waals surface area (Å²) >= 11 is 0. The first-order valence-corrected chi connectivity index (χ1v) is 13.2. The summed E-state index contributed by atoms with van der Waals surface area (Å²) in [5, 5.41) is 12.7. The highest BCUT2D eigenvalue weighted by Gasteiger charge is 2.35. The number of carbonyl (C=O) groups is 2. The van der Waals surface area contributed by atoms with E-state index in [1.807, 2.05) is 51.1 Å². The van der Waals surface area contributed by atoms with E-state index in [2.05, 4.69) is 5.32 Å². The number of benzene rings is 2. The molecule has 2 rings (SSSR count).